The minimum atomic E-state index is -2.65. The second kappa shape index (κ2) is 7.09. The van der Waals surface area contributed by atoms with Crippen molar-refractivity contribution in [3.05, 3.63) is 40.5 Å². The number of aromatic nitrogens is 2. The van der Waals surface area contributed by atoms with Gasteiger partial charge in [0.05, 0.1) is 23.8 Å². The predicted octanol–water partition coefficient (Wildman–Crippen LogP) is 3.64. The maximum atomic E-state index is 13.1. The molecule has 1 aromatic carbocycles. The van der Waals surface area contributed by atoms with Gasteiger partial charge in [0.25, 0.3) is 5.91 Å². The molecule has 2 N–H and O–H groups in total. The number of halogens is 3. The number of rotatable bonds is 4. The number of benzene rings is 1. The minimum absolute atomic E-state index is 0.0868. The first-order valence-corrected chi connectivity index (χ1v) is 9.85. The molecule has 1 aliphatic heterocycles. The van der Waals surface area contributed by atoms with Gasteiger partial charge in [-0.3, -0.25) is 14.3 Å². The Labute approximate surface area is 171 Å². The molecular formula is C20H21ClF2N4O2. The van der Waals surface area contributed by atoms with Gasteiger partial charge in [-0.2, -0.15) is 5.10 Å². The highest BCUT2D eigenvalue weighted by atomic mass is 35.5. The van der Waals surface area contributed by atoms with Crippen molar-refractivity contribution in [1.29, 1.82) is 0 Å². The fourth-order valence-corrected chi connectivity index (χ4v) is 4.41. The van der Waals surface area contributed by atoms with Gasteiger partial charge in [-0.25, -0.2) is 8.78 Å². The van der Waals surface area contributed by atoms with Crippen LogP contribution in [0.25, 0.3) is 11.3 Å². The average molecular weight is 423 g/mol. The normalized spacial score (nSPS) is 20.8. The number of amides is 2. The third-order valence-corrected chi connectivity index (χ3v) is 5.82. The fraction of sp³-hybridized carbons (Fsp3) is 0.450. The molecule has 0 bridgehead atoms. The molecule has 2 aromatic rings. The molecule has 29 heavy (non-hydrogen) atoms. The van der Waals surface area contributed by atoms with Crippen molar-refractivity contribution in [2.75, 3.05) is 6.54 Å². The number of carbonyl (C=O) groups is 2. The Balaban J connectivity index is 1.63. The SMILES string of the molecule is CC1CN(C(=O)CC2CC(F)(F)C2)Cc2c(C(N)=O)c(-c3cccc(Cl)c3)nn21. The molecule has 0 spiro atoms. The van der Waals surface area contributed by atoms with Crippen LogP contribution in [0.4, 0.5) is 8.78 Å². The molecule has 1 fully saturated rings. The fourth-order valence-electron chi connectivity index (χ4n) is 4.22. The standard InChI is InChI=1S/C20H21ClF2N4O2/c1-11-9-26(16(28)5-12-7-20(22,23)8-12)10-15-17(19(24)29)18(25-27(11)15)13-3-2-4-14(21)6-13/h2-4,6,11-12H,5,7-10H2,1H3,(H2,24,29). The summed E-state index contributed by atoms with van der Waals surface area (Å²) in [5.41, 5.74) is 7.55. The van der Waals surface area contributed by atoms with Crippen LogP contribution < -0.4 is 5.73 Å². The molecule has 1 aliphatic carbocycles. The van der Waals surface area contributed by atoms with Crippen molar-refractivity contribution < 1.29 is 18.4 Å². The molecule has 1 aromatic heterocycles. The van der Waals surface area contributed by atoms with E-state index in [4.69, 9.17) is 17.3 Å². The molecule has 154 valence electrons. The lowest BCUT2D eigenvalue weighted by Gasteiger charge is -2.37. The molecule has 9 heteroatoms. The number of nitrogens with zero attached hydrogens (tertiary/aromatic N) is 3. The maximum Gasteiger partial charge on any atom is 0.252 e. The molecule has 4 rings (SSSR count). The summed E-state index contributed by atoms with van der Waals surface area (Å²) in [6.07, 6.45) is -0.402. The molecule has 0 radical (unpaired) electrons. The molecule has 2 heterocycles. The largest absolute Gasteiger partial charge is 0.365 e. The van der Waals surface area contributed by atoms with E-state index < -0.39 is 11.8 Å². The lowest BCUT2D eigenvalue weighted by Crippen LogP contribution is -2.44. The zero-order valence-electron chi connectivity index (χ0n) is 15.9. The number of alkyl halides is 2. The third kappa shape index (κ3) is 3.73. The first kappa shape index (κ1) is 19.8. The van der Waals surface area contributed by atoms with Crippen LogP contribution in [0.3, 0.4) is 0 Å². The number of hydrogen-bond donors (Lipinski definition) is 1. The Morgan fingerprint density at radius 3 is 2.69 bits per heavy atom. The first-order valence-electron chi connectivity index (χ1n) is 9.47. The van der Waals surface area contributed by atoms with Crippen molar-refractivity contribution in [3.8, 4) is 11.3 Å². The van der Waals surface area contributed by atoms with Crippen LogP contribution in [0.2, 0.25) is 5.02 Å². The highest BCUT2D eigenvalue weighted by molar-refractivity contribution is 6.30. The number of fused-ring (bicyclic) bond motifs is 1. The van der Waals surface area contributed by atoms with Gasteiger partial charge in [0, 0.05) is 36.4 Å². The number of hydrogen-bond acceptors (Lipinski definition) is 3. The molecule has 0 saturated heterocycles. The van der Waals surface area contributed by atoms with E-state index in [1.807, 2.05) is 6.92 Å². The van der Waals surface area contributed by atoms with Crippen molar-refractivity contribution >= 4 is 23.4 Å². The third-order valence-electron chi connectivity index (χ3n) is 5.59. The summed E-state index contributed by atoms with van der Waals surface area (Å²) in [5, 5.41) is 5.09. The zero-order valence-corrected chi connectivity index (χ0v) is 16.6. The summed E-state index contributed by atoms with van der Waals surface area (Å²) in [4.78, 5) is 26.5. The highest BCUT2D eigenvalue weighted by Crippen LogP contribution is 2.44. The maximum absolute atomic E-state index is 13.1. The van der Waals surface area contributed by atoms with E-state index in [-0.39, 0.29) is 49.2 Å². The Morgan fingerprint density at radius 2 is 2.07 bits per heavy atom. The van der Waals surface area contributed by atoms with Gasteiger partial charge in [-0.15, -0.1) is 0 Å². The van der Waals surface area contributed by atoms with E-state index in [2.05, 4.69) is 5.10 Å². The van der Waals surface area contributed by atoms with Gasteiger partial charge < -0.3 is 10.6 Å². The van der Waals surface area contributed by atoms with Crippen molar-refractivity contribution in [2.45, 2.75) is 44.7 Å². The molecular weight excluding hydrogens is 402 g/mol. The van der Waals surface area contributed by atoms with E-state index in [9.17, 15) is 18.4 Å². The van der Waals surface area contributed by atoms with E-state index >= 15 is 0 Å². The topological polar surface area (TPSA) is 81.2 Å². The van der Waals surface area contributed by atoms with Gasteiger partial charge in [0.1, 0.15) is 5.69 Å². The minimum Gasteiger partial charge on any atom is -0.365 e. The average Bonchev–Trinajstić information content (AvgIpc) is 3.00. The lowest BCUT2D eigenvalue weighted by atomic mass is 9.79. The van der Waals surface area contributed by atoms with E-state index in [1.54, 1.807) is 33.8 Å². The van der Waals surface area contributed by atoms with Crippen LogP contribution >= 0.6 is 11.6 Å². The summed E-state index contributed by atoms with van der Waals surface area (Å²) < 4.78 is 27.9. The van der Waals surface area contributed by atoms with Crippen LogP contribution in [0, 0.1) is 5.92 Å². The summed E-state index contributed by atoms with van der Waals surface area (Å²) >= 11 is 6.08. The molecule has 2 aliphatic rings. The predicted molar refractivity (Wildman–Crippen MR) is 104 cm³/mol. The van der Waals surface area contributed by atoms with Crippen LogP contribution in [0.15, 0.2) is 24.3 Å². The van der Waals surface area contributed by atoms with Crippen LogP contribution in [0.1, 0.15) is 48.3 Å². The Hall–Kier alpha value is -2.48. The Bertz CT molecular complexity index is 983. The van der Waals surface area contributed by atoms with Crippen LogP contribution in [0.5, 0.6) is 0 Å². The van der Waals surface area contributed by atoms with Gasteiger partial charge in [-0.05, 0) is 25.0 Å². The van der Waals surface area contributed by atoms with E-state index in [0.717, 1.165) is 0 Å². The van der Waals surface area contributed by atoms with Gasteiger partial charge in [0.15, 0.2) is 0 Å². The van der Waals surface area contributed by atoms with Gasteiger partial charge >= 0.3 is 0 Å². The highest BCUT2D eigenvalue weighted by Gasteiger charge is 2.46. The van der Waals surface area contributed by atoms with Gasteiger partial charge in [-0.1, -0.05) is 23.7 Å². The molecule has 1 atom stereocenters. The number of nitrogens with two attached hydrogens (primary N) is 1. The molecule has 2 amide bonds. The quantitative estimate of drug-likeness (QED) is 0.816. The van der Waals surface area contributed by atoms with E-state index in [1.165, 1.54) is 0 Å². The number of carbonyl (C=O) groups excluding carboxylic acids is 2. The first-order chi connectivity index (χ1) is 13.6. The summed E-state index contributed by atoms with van der Waals surface area (Å²) in [6, 6.07) is 6.78. The smallest absolute Gasteiger partial charge is 0.252 e. The second-order valence-electron chi connectivity index (χ2n) is 7.95. The zero-order chi connectivity index (χ0) is 20.9. The van der Waals surface area contributed by atoms with Crippen molar-refractivity contribution in [2.24, 2.45) is 11.7 Å². The van der Waals surface area contributed by atoms with Crippen molar-refractivity contribution in [1.82, 2.24) is 14.7 Å². The molecule has 1 saturated carbocycles. The monoisotopic (exact) mass is 422 g/mol. The second-order valence-corrected chi connectivity index (χ2v) is 8.38. The van der Waals surface area contributed by atoms with Crippen LogP contribution in [-0.2, 0) is 11.3 Å². The number of primary amides is 1. The van der Waals surface area contributed by atoms with Crippen molar-refractivity contribution in [3.63, 3.8) is 0 Å². The van der Waals surface area contributed by atoms with Gasteiger partial charge in [0.2, 0.25) is 11.8 Å². The summed E-state index contributed by atoms with van der Waals surface area (Å²) in [7, 11) is 0. The summed E-state index contributed by atoms with van der Waals surface area (Å²) in [6.45, 7) is 2.45. The Morgan fingerprint density at radius 1 is 1.34 bits per heavy atom. The van der Waals surface area contributed by atoms with Crippen LogP contribution in [-0.4, -0.2) is 39.0 Å². The molecule has 6 nitrogen and oxygen atoms in total. The summed E-state index contributed by atoms with van der Waals surface area (Å²) in [5.74, 6) is -3.77. The lowest BCUT2D eigenvalue weighted by molar-refractivity contribution is -0.143. The molecule has 1 unspecified atom stereocenters. The van der Waals surface area contributed by atoms with E-state index in [0.29, 0.717) is 28.5 Å². The Kier molecular flexibility index (Phi) is 4.85.